The van der Waals surface area contributed by atoms with Crippen molar-refractivity contribution >= 4 is 0 Å². The third-order valence-corrected chi connectivity index (χ3v) is 4.11. The maximum absolute atomic E-state index is 5.28. The van der Waals surface area contributed by atoms with Crippen LogP contribution >= 0.6 is 0 Å². The van der Waals surface area contributed by atoms with Crippen LogP contribution in [0.2, 0.25) is 0 Å². The van der Waals surface area contributed by atoms with Gasteiger partial charge in [0.15, 0.2) is 0 Å². The number of nitrogens with one attached hydrogen (secondary N) is 1. The van der Waals surface area contributed by atoms with Gasteiger partial charge in [-0.25, -0.2) is 0 Å². The Bertz CT molecular complexity index is 394. The average Bonchev–Trinajstić information content (AvgIpc) is 2.89. The second kappa shape index (κ2) is 8.40. The number of benzene rings is 1. The number of likely N-dealkylation sites (N-methyl/N-ethyl adjacent to an activating group) is 1. The van der Waals surface area contributed by atoms with Crippen LogP contribution in [0.1, 0.15) is 24.5 Å². The number of likely N-dealkylation sites (tertiary alicyclic amines) is 1. The molecule has 0 amide bonds. The summed E-state index contributed by atoms with van der Waals surface area (Å²) in [6, 6.07) is 8.87. The first-order valence-electron chi connectivity index (χ1n) is 7.82. The van der Waals surface area contributed by atoms with Gasteiger partial charge >= 0.3 is 0 Å². The van der Waals surface area contributed by atoms with E-state index < -0.39 is 0 Å². The molecule has 1 saturated heterocycles. The molecule has 0 radical (unpaired) electrons. The monoisotopic (exact) mass is 276 g/mol. The Labute approximate surface area is 123 Å². The lowest BCUT2D eigenvalue weighted by molar-refractivity contribution is 0.152. The van der Waals surface area contributed by atoms with Crippen LogP contribution in [-0.2, 0) is 17.7 Å². The van der Waals surface area contributed by atoms with E-state index in [0.29, 0.717) is 5.92 Å². The van der Waals surface area contributed by atoms with Gasteiger partial charge in [0.2, 0.25) is 0 Å². The van der Waals surface area contributed by atoms with E-state index in [1.165, 1.54) is 30.6 Å². The summed E-state index contributed by atoms with van der Waals surface area (Å²) in [5, 5.41) is 3.41. The highest BCUT2D eigenvalue weighted by molar-refractivity contribution is 5.27. The van der Waals surface area contributed by atoms with Crippen molar-refractivity contribution in [3.63, 3.8) is 0 Å². The fourth-order valence-corrected chi connectivity index (χ4v) is 3.02. The molecule has 1 heterocycles. The molecule has 1 aromatic rings. The molecule has 2 rings (SSSR count). The number of rotatable bonds is 8. The molecule has 3 nitrogen and oxygen atoms in total. The molecule has 0 spiro atoms. The van der Waals surface area contributed by atoms with E-state index in [4.69, 9.17) is 4.74 Å². The van der Waals surface area contributed by atoms with Gasteiger partial charge in [0.25, 0.3) is 0 Å². The van der Waals surface area contributed by atoms with Gasteiger partial charge in [-0.2, -0.15) is 0 Å². The molecule has 20 heavy (non-hydrogen) atoms. The number of methoxy groups -OCH3 is 1. The Hall–Kier alpha value is -0.900. The van der Waals surface area contributed by atoms with E-state index in [9.17, 15) is 0 Å². The maximum atomic E-state index is 5.28. The zero-order valence-electron chi connectivity index (χ0n) is 12.9. The fraction of sp³-hybridized carbons (Fsp3) is 0.647. The zero-order chi connectivity index (χ0) is 14.2. The molecule has 1 atom stereocenters. The van der Waals surface area contributed by atoms with Crippen molar-refractivity contribution in [2.75, 3.05) is 39.9 Å². The third-order valence-electron chi connectivity index (χ3n) is 4.11. The van der Waals surface area contributed by atoms with E-state index in [2.05, 4.69) is 41.4 Å². The molecule has 1 unspecified atom stereocenters. The summed E-state index contributed by atoms with van der Waals surface area (Å²) < 4.78 is 5.28. The summed E-state index contributed by atoms with van der Waals surface area (Å²) in [5.41, 5.74) is 2.98. The molecule has 0 saturated carbocycles. The first kappa shape index (κ1) is 15.5. The highest BCUT2D eigenvalue weighted by Gasteiger charge is 2.22. The van der Waals surface area contributed by atoms with E-state index in [1.54, 1.807) is 7.11 Å². The predicted molar refractivity (Wildman–Crippen MR) is 83.9 cm³/mol. The Morgan fingerprint density at radius 3 is 2.85 bits per heavy atom. The fourth-order valence-electron chi connectivity index (χ4n) is 3.02. The highest BCUT2D eigenvalue weighted by Crippen LogP contribution is 2.20. The van der Waals surface area contributed by atoms with Crippen molar-refractivity contribution in [3.8, 4) is 0 Å². The number of ether oxygens (including phenoxy) is 1. The quantitative estimate of drug-likeness (QED) is 0.737. The standard InChI is InChI=1S/C17H28N2O/c1-3-18-10-8-16-6-4-5-7-17(16)13-19-11-9-15(12-19)14-20-2/h4-7,15,18H,3,8-14H2,1-2H3. The van der Waals surface area contributed by atoms with Crippen LogP contribution in [0.3, 0.4) is 0 Å². The van der Waals surface area contributed by atoms with Gasteiger partial charge in [-0.3, -0.25) is 4.90 Å². The van der Waals surface area contributed by atoms with Crippen LogP contribution in [0.15, 0.2) is 24.3 Å². The van der Waals surface area contributed by atoms with Crippen molar-refractivity contribution < 1.29 is 4.74 Å². The van der Waals surface area contributed by atoms with E-state index >= 15 is 0 Å². The summed E-state index contributed by atoms with van der Waals surface area (Å²) >= 11 is 0. The topological polar surface area (TPSA) is 24.5 Å². The smallest absolute Gasteiger partial charge is 0.0503 e. The zero-order valence-corrected chi connectivity index (χ0v) is 12.9. The minimum Gasteiger partial charge on any atom is -0.384 e. The summed E-state index contributed by atoms with van der Waals surface area (Å²) in [4.78, 5) is 2.57. The number of hydrogen-bond donors (Lipinski definition) is 1. The summed E-state index contributed by atoms with van der Waals surface area (Å²) in [7, 11) is 1.80. The SMILES string of the molecule is CCNCCc1ccccc1CN1CCC(COC)C1. The second-order valence-corrected chi connectivity index (χ2v) is 5.72. The first-order chi connectivity index (χ1) is 9.83. The third kappa shape index (κ3) is 4.58. The van der Waals surface area contributed by atoms with E-state index in [0.717, 1.165) is 32.7 Å². The molecule has 1 N–H and O–H groups in total. The van der Waals surface area contributed by atoms with Gasteiger partial charge in [0.05, 0.1) is 6.61 Å². The lowest BCUT2D eigenvalue weighted by atomic mass is 10.0. The number of nitrogens with zero attached hydrogens (tertiary/aromatic N) is 1. The van der Waals surface area contributed by atoms with Gasteiger partial charge in [-0.05, 0) is 49.5 Å². The van der Waals surface area contributed by atoms with Crippen molar-refractivity contribution in [2.24, 2.45) is 5.92 Å². The van der Waals surface area contributed by atoms with Crippen molar-refractivity contribution in [1.82, 2.24) is 10.2 Å². The lowest BCUT2D eigenvalue weighted by Crippen LogP contribution is -2.23. The Kier molecular flexibility index (Phi) is 6.51. The maximum Gasteiger partial charge on any atom is 0.0503 e. The van der Waals surface area contributed by atoms with Crippen LogP contribution in [0.5, 0.6) is 0 Å². The minimum absolute atomic E-state index is 0.717. The molecule has 1 aliphatic heterocycles. The first-order valence-corrected chi connectivity index (χ1v) is 7.82. The van der Waals surface area contributed by atoms with E-state index in [-0.39, 0.29) is 0 Å². The average molecular weight is 276 g/mol. The van der Waals surface area contributed by atoms with Gasteiger partial charge in [0, 0.05) is 20.2 Å². The van der Waals surface area contributed by atoms with Crippen molar-refractivity contribution in [3.05, 3.63) is 35.4 Å². The lowest BCUT2D eigenvalue weighted by Gasteiger charge is -2.18. The highest BCUT2D eigenvalue weighted by atomic mass is 16.5. The Morgan fingerprint density at radius 1 is 1.30 bits per heavy atom. The molecular weight excluding hydrogens is 248 g/mol. The molecule has 3 heteroatoms. The molecule has 1 aliphatic rings. The summed E-state index contributed by atoms with van der Waals surface area (Å²) in [5.74, 6) is 0.717. The molecule has 1 fully saturated rings. The van der Waals surface area contributed by atoms with Gasteiger partial charge in [-0.15, -0.1) is 0 Å². The van der Waals surface area contributed by atoms with Crippen LogP contribution in [0.4, 0.5) is 0 Å². The Balaban J connectivity index is 1.89. The number of hydrogen-bond acceptors (Lipinski definition) is 3. The van der Waals surface area contributed by atoms with Crippen LogP contribution < -0.4 is 5.32 Å². The second-order valence-electron chi connectivity index (χ2n) is 5.72. The van der Waals surface area contributed by atoms with Crippen LogP contribution in [0.25, 0.3) is 0 Å². The molecule has 1 aromatic carbocycles. The summed E-state index contributed by atoms with van der Waals surface area (Å²) in [6.07, 6.45) is 2.40. The minimum atomic E-state index is 0.717. The largest absolute Gasteiger partial charge is 0.384 e. The van der Waals surface area contributed by atoms with Gasteiger partial charge in [0.1, 0.15) is 0 Å². The molecular formula is C17H28N2O. The van der Waals surface area contributed by atoms with Crippen molar-refractivity contribution in [1.29, 1.82) is 0 Å². The normalized spacial score (nSPS) is 19.6. The van der Waals surface area contributed by atoms with Gasteiger partial charge < -0.3 is 10.1 Å². The molecule has 0 aliphatic carbocycles. The summed E-state index contributed by atoms with van der Waals surface area (Å²) in [6.45, 7) is 8.64. The molecule has 0 bridgehead atoms. The van der Waals surface area contributed by atoms with Crippen LogP contribution in [0, 0.1) is 5.92 Å². The molecule has 0 aromatic heterocycles. The predicted octanol–water partition coefficient (Wildman–Crippen LogP) is 2.31. The van der Waals surface area contributed by atoms with Crippen LogP contribution in [-0.4, -0.2) is 44.8 Å². The van der Waals surface area contributed by atoms with E-state index in [1.807, 2.05) is 0 Å². The molecule has 112 valence electrons. The Morgan fingerprint density at radius 2 is 2.10 bits per heavy atom. The van der Waals surface area contributed by atoms with Crippen molar-refractivity contribution in [2.45, 2.75) is 26.3 Å². The van der Waals surface area contributed by atoms with Gasteiger partial charge in [-0.1, -0.05) is 31.2 Å².